The summed E-state index contributed by atoms with van der Waals surface area (Å²) in [6.07, 6.45) is 0. The number of carbonyl (C=O) groups excluding carboxylic acids is 1. The summed E-state index contributed by atoms with van der Waals surface area (Å²) in [7, 11) is 0. The lowest BCUT2D eigenvalue weighted by Crippen LogP contribution is -2.33. The van der Waals surface area contributed by atoms with Crippen LogP contribution < -0.4 is 5.32 Å². The van der Waals surface area contributed by atoms with Gasteiger partial charge < -0.3 is 5.32 Å². The molecule has 0 saturated carbocycles. The largest absolute Gasteiger partial charge is 0.355 e. The van der Waals surface area contributed by atoms with Gasteiger partial charge in [0, 0.05) is 6.54 Å². The van der Waals surface area contributed by atoms with Crippen molar-refractivity contribution >= 4 is 41.2 Å². The van der Waals surface area contributed by atoms with Gasteiger partial charge in [-0.3, -0.25) is 4.79 Å². The number of nitrogens with one attached hydrogen (secondary N) is 1. The fraction of sp³-hybridized carbons (Fsp3) is 0.400. The van der Waals surface area contributed by atoms with Crippen molar-refractivity contribution < 1.29 is 9.18 Å². The van der Waals surface area contributed by atoms with Crippen molar-refractivity contribution in [2.24, 2.45) is 5.92 Å². The van der Waals surface area contributed by atoms with Crippen molar-refractivity contribution in [3.05, 3.63) is 34.0 Å². The Hall–Kier alpha value is -1.25. The lowest BCUT2D eigenvalue weighted by atomic mass is 10.2. The van der Waals surface area contributed by atoms with Gasteiger partial charge in [-0.1, -0.05) is 36.9 Å². The zero-order valence-corrected chi connectivity index (χ0v) is 15.5. The van der Waals surface area contributed by atoms with Gasteiger partial charge in [-0.05, 0) is 49.3 Å². The normalized spacial score (nSPS) is 12.4. The number of amides is 1. The van der Waals surface area contributed by atoms with Gasteiger partial charge >= 0.3 is 0 Å². The molecule has 1 heterocycles. The van der Waals surface area contributed by atoms with Crippen molar-refractivity contribution in [2.45, 2.75) is 30.4 Å². The second-order valence-electron chi connectivity index (χ2n) is 5.42. The highest BCUT2D eigenvalue weighted by atomic mass is 32.2. The molecule has 1 amide bonds. The Bertz CT molecular complexity index is 724. The number of aromatic nitrogens is 2. The Kier molecular flexibility index (Phi) is 6.32. The third-order valence-electron chi connectivity index (χ3n) is 2.93. The van der Waals surface area contributed by atoms with Gasteiger partial charge in [0.1, 0.15) is 5.82 Å². The highest BCUT2D eigenvalue weighted by molar-refractivity contribution is 8.02. The topological polar surface area (TPSA) is 46.9 Å². The first-order chi connectivity index (χ1) is 10.9. The molecule has 0 radical (unpaired) electrons. The lowest BCUT2D eigenvalue weighted by Gasteiger charge is -2.11. The Balaban J connectivity index is 2.07. The van der Waals surface area contributed by atoms with E-state index in [2.05, 4.69) is 10.4 Å². The zero-order valence-electron chi connectivity index (χ0n) is 13.1. The zero-order chi connectivity index (χ0) is 17.0. The fourth-order valence-electron chi connectivity index (χ4n) is 1.71. The summed E-state index contributed by atoms with van der Waals surface area (Å²) in [4.78, 5) is 12.0. The van der Waals surface area contributed by atoms with Crippen LogP contribution in [0.25, 0.3) is 5.69 Å². The minimum Gasteiger partial charge on any atom is -0.355 e. The van der Waals surface area contributed by atoms with Crippen LogP contribution in [0.15, 0.2) is 28.6 Å². The summed E-state index contributed by atoms with van der Waals surface area (Å²) in [5.74, 6) is 0.0922. The number of hydrogen-bond donors (Lipinski definition) is 1. The molecule has 2 rings (SSSR count). The summed E-state index contributed by atoms with van der Waals surface area (Å²) >= 11 is 8.01. The van der Waals surface area contributed by atoms with Gasteiger partial charge in [-0.15, -0.1) is 5.10 Å². The van der Waals surface area contributed by atoms with E-state index >= 15 is 0 Å². The van der Waals surface area contributed by atoms with Crippen molar-refractivity contribution in [1.82, 2.24) is 15.1 Å². The predicted octanol–water partition coefficient (Wildman–Crippen LogP) is 4.06. The van der Waals surface area contributed by atoms with Crippen molar-refractivity contribution in [3.8, 4) is 5.69 Å². The molecule has 0 aliphatic carbocycles. The molecule has 0 aliphatic heterocycles. The molecule has 0 saturated heterocycles. The molecule has 1 aromatic carbocycles. The Labute approximate surface area is 148 Å². The van der Waals surface area contributed by atoms with Gasteiger partial charge in [0.2, 0.25) is 5.91 Å². The first-order valence-corrected chi connectivity index (χ1v) is 9.27. The summed E-state index contributed by atoms with van der Waals surface area (Å²) in [5, 5.41) is 7.07. The Morgan fingerprint density at radius 2 is 2.04 bits per heavy atom. The van der Waals surface area contributed by atoms with Crippen LogP contribution in [0.5, 0.6) is 0 Å². The molecule has 1 N–H and O–H groups in total. The molecule has 4 nitrogen and oxygen atoms in total. The number of thioether (sulfide) groups is 1. The SMILES string of the molecule is CC(C)CNC(=O)[C@@H](C)Sc1nn(-c2ccc(F)cc2)c(=S)s1. The first kappa shape index (κ1) is 18.1. The molecule has 0 fully saturated rings. The standard InChI is InChI=1S/C15H18FN3OS3/c1-9(2)8-17-13(20)10(3)22-14-18-19(15(21)23-14)12-6-4-11(16)5-7-12/h4-7,9-10H,8H2,1-3H3,(H,17,20)/t10-/m1/s1. The highest BCUT2D eigenvalue weighted by Gasteiger charge is 2.17. The van der Waals surface area contributed by atoms with Crippen LogP contribution in [0.1, 0.15) is 20.8 Å². The minimum absolute atomic E-state index is 0.0156. The van der Waals surface area contributed by atoms with Gasteiger partial charge in [-0.2, -0.15) is 0 Å². The van der Waals surface area contributed by atoms with E-state index in [1.165, 1.54) is 35.2 Å². The summed E-state index contributed by atoms with van der Waals surface area (Å²) < 4.78 is 15.9. The van der Waals surface area contributed by atoms with Gasteiger partial charge in [0.15, 0.2) is 8.29 Å². The number of hydrogen-bond acceptors (Lipinski definition) is 5. The van der Waals surface area contributed by atoms with Gasteiger partial charge in [-0.25, -0.2) is 9.07 Å². The highest BCUT2D eigenvalue weighted by Crippen LogP contribution is 2.27. The van der Waals surface area contributed by atoms with E-state index in [0.717, 1.165) is 0 Å². The molecule has 1 atom stereocenters. The van der Waals surface area contributed by atoms with Crippen LogP contribution in [-0.2, 0) is 4.79 Å². The van der Waals surface area contributed by atoms with E-state index in [1.807, 2.05) is 20.8 Å². The van der Waals surface area contributed by atoms with E-state index in [9.17, 15) is 9.18 Å². The second-order valence-corrected chi connectivity index (χ2v) is 8.63. The van der Waals surface area contributed by atoms with Crippen molar-refractivity contribution in [3.63, 3.8) is 0 Å². The van der Waals surface area contributed by atoms with Crippen LogP contribution in [-0.4, -0.2) is 27.5 Å². The molecule has 2 aromatic rings. The van der Waals surface area contributed by atoms with E-state index in [-0.39, 0.29) is 17.0 Å². The molecule has 0 spiro atoms. The number of nitrogens with zero attached hydrogens (tertiary/aromatic N) is 2. The van der Waals surface area contributed by atoms with Crippen LogP contribution in [0.2, 0.25) is 0 Å². The second kappa shape index (κ2) is 8.03. The molecule has 1 aromatic heterocycles. The third kappa shape index (κ3) is 5.12. The average molecular weight is 372 g/mol. The average Bonchev–Trinajstić information content (AvgIpc) is 2.86. The maximum atomic E-state index is 13.0. The summed E-state index contributed by atoms with van der Waals surface area (Å²) in [6, 6.07) is 5.98. The minimum atomic E-state index is -0.305. The van der Waals surface area contributed by atoms with Crippen LogP contribution in [0.3, 0.4) is 0 Å². The maximum Gasteiger partial charge on any atom is 0.233 e. The molecule has 124 valence electrons. The van der Waals surface area contributed by atoms with E-state index in [1.54, 1.807) is 16.8 Å². The molecule has 0 aliphatic rings. The number of halogens is 1. The molecule has 0 bridgehead atoms. The molecule has 8 heteroatoms. The van der Waals surface area contributed by atoms with Gasteiger partial charge in [0.25, 0.3) is 0 Å². The Morgan fingerprint density at radius 1 is 1.39 bits per heavy atom. The number of carbonyl (C=O) groups is 1. The van der Waals surface area contributed by atoms with E-state index in [4.69, 9.17) is 12.2 Å². The van der Waals surface area contributed by atoms with E-state index in [0.29, 0.717) is 26.4 Å². The van der Waals surface area contributed by atoms with Crippen molar-refractivity contribution in [2.75, 3.05) is 6.54 Å². The number of rotatable bonds is 6. The maximum absolute atomic E-state index is 13.0. The first-order valence-electron chi connectivity index (χ1n) is 7.17. The lowest BCUT2D eigenvalue weighted by molar-refractivity contribution is -0.120. The smallest absolute Gasteiger partial charge is 0.233 e. The molecule has 23 heavy (non-hydrogen) atoms. The van der Waals surface area contributed by atoms with Crippen LogP contribution >= 0.6 is 35.3 Å². The predicted molar refractivity (Wildman–Crippen MR) is 95.4 cm³/mol. The summed E-state index contributed by atoms with van der Waals surface area (Å²) in [6.45, 7) is 6.60. The fourth-order valence-corrected chi connectivity index (χ4v) is 4.24. The van der Waals surface area contributed by atoms with Crippen LogP contribution in [0, 0.1) is 15.7 Å². The quantitative estimate of drug-likeness (QED) is 0.615. The third-order valence-corrected chi connectivity index (χ3v) is 5.35. The molecule has 0 unspecified atom stereocenters. The Morgan fingerprint density at radius 3 is 2.65 bits per heavy atom. The molecular formula is C15H18FN3OS3. The van der Waals surface area contributed by atoms with E-state index < -0.39 is 0 Å². The van der Waals surface area contributed by atoms with Crippen LogP contribution in [0.4, 0.5) is 4.39 Å². The summed E-state index contributed by atoms with van der Waals surface area (Å²) in [5.41, 5.74) is 0.705. The number of benzene rings is 1. The monoisotopic (exact) mass is 371 g/mol. The van der Waals surface area contributed by atoms with Gasteiger partial charge in [0.05, 0.1) is 10.9 Å². The molecular weight excluding hydrogens is 353 g/mol. The van der Waals surface area contributed by atoms with Crippen molar-refractivity contribution in [1.29, 1.82) is 0 Å².